The maximum atomic E-state index is 14.1. The van der Waals surface area contributed by atoms with E-state index in [0.717, 1.165) is 22.4 Å². The van der Waals surface area contributed by atoms with Crippen molar-refractivity contribution < 1.29 is 33.3 Å². The molecule has 1 aliphatic carbocycles. The van der Waals surface area contributed by atoms with Crippen molar-refractivity contribution in [3.63, 3.8) is 0 Å². The largest absolute Gasteiger partial charge is 0.497 e. The number of aliphatic hydroxyl groups is 1. The molecule has 7 nitrogen and oxygen atoms in total. The first-order valence-corrected chi connectivity index (χ1v) is 19.1. The second-order valence-electron chi connectivity index (χ2n) is 14.4. The minimum Gasteiger partial charge on any atom is -0.497 e. The summed E-state index contributed by atoms with van der Waals surface area (Å²) in [5, 5.41) is 11.6. The van der Waals surface area contributed by atoms with Gasteiger partial charge < -0.3 is 28.5 Å². The van der Waals surface area contributed by atoms with Gasteiger partial charge in [0.25, 0.3) is 0 Å². The fraction of sp³-hybridized carbons (Fsp3) is 0.500. The Kier molecular flexibility index (Phi) is 12.0. The maximum Gasteiger partial charge on any atom is 0.192 e. The molecule has 46 heavy (non-hydrogen) atoms. The summed E-state index contributed by atoms with van der Waals surface area (Å²) < 4.78 is 32.3. The van der Waals surface area contributed by atoms with Gasteiger partial charge in [0.2, 0.25) is 0 Å². The molecule has 0 bridgehead atoms. The average Bonchev–Trinajstić information content (AvgIpc) is 3.02. The summed E-state index contributed by atoms with van der Waals surface area (Å²) in [7, 11) is -0.804. The van der Waals surface area contributed by atoms with Crippen LogP contribution in [0.5, 0.6) is 5.75 Å². The van der Waals surface area contributed by atoms with Gasteiger partial charge in [0.05, 0.1) is 45.2 Å². The summed E-state index contributed by atoms with van der Waals surface area (Å²) in [6.07, 6.45) is -4.30. The highest BCUT2D eigenvalue weighted by Gasteiger charge is 2.55. The van der Waals surface area contributed by atoms with Crippen molar-refractivity contribution in [2.24, 2.45) is 5.41 Å². The summed E-state index contributed by atoms with van der Waals surface area (Å²) in [6.45, 7) is 15.8. The topological polar surface area (TPSA) is 83.5 Å². The Bertz CT molecular complexity index is 1370. The Morgan fingerprint density at radius 3 is 1.78 bits per heavy atom. The smallest absolute Gasteiger partial charge is 0.192 e. The first kappa shape index (κ1) is 36.0. The lowest BCUT2D eigenvalue weighted by molar-refractivity contribution is -0.213. The quantitative estimate of drug-likeness (QED) is 0.204. The van der Waals surface area contributed by atoms with Crippen LogP contribution in [-0.2, 0) is 43.3 Å². The number of hydrogen-bond donors (Lipinski definition) is 1. The molecular weight excluding hydrogens is 596 g/mol. The molecule has 0 heterocycles. The third-order valence-corrected chi connectivity index (χ3v) is 14.0. The van der Waals surface area contributed by atoms with Crippen molar-refractivity contribution in [2.75, 3.05) is 7.11 Å². The third-order valence-electron chi connectivity index (χ3n) is 9.52. The van der Waals surface area contributed by atoms with Crippen LogP contribution in [0.3, 0.4) is 0 Å². The first-order chi connectivity index (χ1) is 21.7. The molecule has 0 aliphatic heterocycles. The van der Waals surface area contributed by atoms with Crippen molar-refractivity contribution >= 4 is 14.1 Å². The van der Waals surface area contributed by atoms with Gasteiger partial charge in [-0.15, -0.1) is 0 Å². The Labute approximate surface area is 276 Å². The molecular formula is C38H52O7Si. The Hall–Kier alpha value is -2.85. The summed E-state index contributed by atoms with van der Waals surface area (Å²) in [4.78, 5) is 14.1. The standard InChI is InChI=1S/C38H52O7Si/c1-37(2,3)46(7,8)45-36-34(43-25-28-17-13-10-14-18-28)32(40)23-31(39)33(42-24-27-15-11-9-12-16-27)35(38(36,4)5)44-26-29-19-21-30(41-6)22-20-29/h9-22,31,33-36,39H,23-26H2,1-8H3/t31?,33-,34-,35-,36-/m0/s1. The molecule has 1 unspecified atom stereocenters. The fourth-order valence-corrected chi connectivity index (χ4v) is 7.03. The third kappa shape index (κ3) is 8.94. The van der Waals surface area contributed by atoms with Crippen molar-refractivity contribution in [3.8, 4) is 5.75 Å². The molecule has 3 aromatic carbocycles. The lowest BCUT2D eigenvalue weighted by atomic mass is 9.71. The van der Waals surface area contributed by atoms with Crippen molar-refractivity contribution in [1.29, 1.82) is 0 Å². The molecule has 3 aromatic rings. The number of methoxy groups -OCH3 is 1. The van der Waals surface area contributed by atoms with Gasteiger partial charge >= 0.3 is 0 Å². The van der Waals surface area contributed by atoms with Crippen molar-refractivity contribution in [2.45, 2.75) is 110 Å². The Morgan fingerprint density at radius 1 is 0.761 bits per heavy atom. The number of Topliss-reactive ketones (excluding diaryl/α,β-unsaturated/α-hetero) is 1. The molecule has 0 spiro atoms. The van der Waals surface area contributed by atoms with Gasteiger partial charge in [-0.25, -0.2) is 0 Å². The maximum absolute atomic E-state index is 14.1. The average molecular weight is 649 g/mol. The van der Waals surface area contributed by atoms with Gasteiger partial charge in [-0.05, 0) is 47.0 Å². The molecule has 0 radical (unpaired) electrons. The summed E-state index contributed by atoms with van der Waals surface area (Å²) in [5.41, 5.74) is 2.04. The van der Waals surface area contributed by atoms with Crippen LogP contribution in [0.25, 0.3) is 0 Å². The number of hydrogen-bond acceptors (Lipinski definition) is 7. The van der Waals surface area contributed by atoms with Gasteiger partial charge in [0.1, 0.15) is 18.0 Å². The molecule has 5 atom stereocenters. The van der Waals surface area contributed by atoms with E-state index in [-0.39, 0.29) is 37.1 Å². The minimum absolute atomic E-state index is 0.124. The predicted molar refractivity (Wildman–Crippen MR) is 183 cm³/mol. The first-order valence-electron chi connectivity index (χ1n) is 16.2. The summed E-state index contributed by atoms with van der Waals surface area (Å²) in [5.74, 6) is 0.552. The van der Waals surface area contributed by atoms with E-state index in [1.807, 2.05) is 98.8 Å². The van der Waals surface area contributed by atoms with Crippen LogP contribution in [0, 0.1) is 5.41 Å². The van der Waals surface area contributed by atoms with Gasteiger partial charge in [-0.2, -0.15) is 0 Å². The van der Waals surface area contributed by atoms with Crippen molar-refractivity contribution in [3.05, 3.63) is 102 Å². The zero-order chi connectivity index (χ0) is 33.5. The molecule has 0 aromatic heterocycles. The van der Waals surface area contributed by atoms with E-state index in [0.29, 0.717) is 0 Å². The minimum atomic E-state index is -2.44. The highest BCUT2D eigenvalue weighted by molar-refractivity contribution is 6.74. The molecule has 250 valence electrons. The van der Waals surface area contributed by atoms with E-state index in [1.54, 1.807) is 7.11 Å². The van der Waals surface area contributed by atoms with Gasteiger partial charge in [-0.3, -0.25) is 4.79 Å². The monoisotopic (exact) mass is 648 g/mol. The van der Waals surface area contributed by atoms with Crippen LogP contribution in [0.2, 0.25) is 18.1 Å². The SMILES string of the molecule is COc1ccc(CO[C@H]2[C@@H](OCc3ccccc3)C(O)CC(=O)[C@H](OCc3ccccc3)[C@H](O[Si](C)(C)C(C)(C)C)C2(C)C)cc1. The molecule has 0 saturated heterocycles. The zero-order valence-electron chi connectivity index (χ0n) is 28.7. The van der Waals surface area contributed by atoms with E-state index in [4.69, 9.17) is 23.4 Å². The van der Waals surface area contributed by atoms with E-state index < -0.39 is 44.3 Å². The molecule has 1 fully saturated rings. The zero-order valence-corrected chi connectivity index (χ0v) is 29.7. The van der Waals surface area contributed by atoms with E-state index in [1.165, 1.54) is 0 Å². The van der Waals surface area contributed by atoms with Crippen LogP contribution in [0.4, 0.5) is 0 Å². The highest BCUT2D eigenvalue weighted by Crippen LogP contribution is 2.45. The van der Waals surface area contributed by atoms with Gasteiger partial charge in [0.15, 0.2) is 14.1 Å². The van der Waals surface area contributed by atoms with E-state index in [2.05, 4.69) is 33.9 Å². The number of benzene rings is 3. The van der Waals surface area contributed by atoms with E-state index in [9.17, 15) is 9.90 Å². The lowest BCUT2D eigenvalue weighted by Crippen LogP contribution is -2.63. The Balaban J connectivity index is 1.76. The predicted octanol–water partition coefficient (Wildman–Crippen LogP) is 7.50. The van der Waals surface area contributed by atoms with Crippen LogP contribution in [-0.4, -0.2) is 56.8 Å². The molecule has 1 aliphatic rings. The van der Waals surface area contributed by atoms with Crippen molar-refractivity contribution in [1.82, 2.24) is 0 Å². The second-order valence-corrected chi connectivity index (χ2v) is 19.2. The lowest BCUT2D eigenvalue weighted by Gasteiger charge is -2.52. The number of aliphatic hydroxyl groups excluding tert-OH is 1. The molecule has 0 amide bonds. The van der Waals surface area contributed by atoms with Gasteiger partial charge in [-0.1, -0.05) is 107 Å². The van der Waals surface area contributed by atoms with Crippen LogP contribution in [0.1, 0.15) is 57.7 Å². The van der Waals surface area contributed by atoms with Crippen LogP contribution < -0.4 is 4.74 Å². The molecule has 1 N–H and O–H groups in total. The summed E-state index contributed by atoms with van der Waals surface area (Å²) in [6, 6.07) is 27.4. The number of ketones is 1. The number of carbonyl (C=O) groups excluding carboxylic acids is 1. The van der Waals surface area contributed by atoms with E-state index >= 15 is 0 Å². The van der Waals surface area contributed by atoms with Gasteiger partial charge in [0, 0.05) is 11.8 Å². The number of carbonyl (C=O) groups is 1. The molecule has 1 saturated carbocycles. The number of rotatable bonds is 12. The fourth-order valence-electron chi connectivity index (χ4n) is 5.62. The Morgan fingerprint density at radius 2 is 1.26 bits per heavy atom. The van der Waals surface area contributed by atoms with Crippen LogP contribution in [0.15, 0.2) is 84.9 Å². The second kappa shape index (κ2) is 15.4. The molecule has 4 rings (SSSR count). The highest BCUT2D eigenvalue weighted by atomic mass is 28.4. The number of ether oxygens (including phenoxy) is 4. The van der Waals surface area contributed by atoms with Crippen LogP contribution >= 0.6 is 0 Å². The normalized spacial score (nSPS) is 23.8. The molecule has 8 heteroatoms. The summed E-state index contributed by atoms with van der Waals surface area (Å²) >= 11 is 0.